The summed E-state index contributed by atoms with van der Waals surface area (Å²) >= 11 is 0. The molecule has 0 radical (unpaired) electrons. The van der Waals surface area contributed by atoms with Crippen LogP contribution in [0.4, 0.5) is 4.79 Å². The van der Waals surface area contributed by atoms with Crippen molar-refractivity contribution >= 4 is 22.9 Å². The molecular formula is C51H55N5O7. The zero-order valence-corrected chi connectivity index (χ0v) is 35.5. The van der Waals surface area contributed by atoms with E-state index in [2.05, 4.69) is 20.5 Å². The van der Waals surface area contributed by atoms with Gasteiger partial charge in [0.05, 0.1) is 17.7 Å². The van der Waals surface area contributed by atoms with Gasteiger partial charge in [0.25, 0.3) is 5.91 Å². The number of ether oxygens (including phenoxy) is 2. The van der Waals surface area contributed by atoms with Gasteiger partial charge in [0.2, 0.25) is 5.56 Å². The van der Waals surface area contributed by atoms with Crippen molar-refractivity contribution in [2.75, 3.05) is 39.3 Å². The number of phenols is 1. The summed E-state index contributed by atoms with van der Waals surface area (Å²) in [7, 11) is 0. The smallest absolute Gasteiger partial charge is 0.408 e. The average Bonchev–Trinajstić information content (AvgIpc) is 3.31. The molecule has 2 amide bonds. The molecular weight excluding hydrogens is 795 g/mol. The highest BCUT2D eigenvalue weighted by atomic mass is 16.6. The maximum absolute atomic E-state index is 14.0. The Morgan fingerprint density at radius 2 is 1.62 bits per heavy atom. The molecule has 1 aromatic heterocycles. The van der Waals surface area contributed by atoms with Crippen molar-refractivity contribution in [3.8, 4) is 11.5 Å². The second kappa shape index (κ2) is 20.1. The molecule has 326 valence electrons. The number of rotatable bonds is 17. The number of alkyl carbamates (subject to hydrolysis) is 1. The van der Waals surface area contributed by atoms with Gasteiger partial charge in [0, 0.05) is 43.2 Å². The number of pyridine rings is 1. The van der Waals surface area contributed by atoms with Crippen LogP contribution >= 0.6 is 0 Å². The van der Waals surface area contributed by atoms with Gasteiger partial charge in [0.15, 0.2) is 0 Å². The molecule has 4 heterocycles. The zero-order valence-electron chi connectivity index (χ0n) is 35.5. The lowest BCUT2D eigenvalue weighted by Gasteiger charge is -2.43. The normalized spacial score (nSPS) is 17.8. The highest BCUT2D eigenvalue weighted by Gasteiger charge is 2.37. The van der Waals surface area contributed by atoms with Crippen LogP contribution in [0.5, 0.6) is 11.5 Å². The number of amides is 2. The Morgan fingerprint density at radius 3 is 2.37 bits per heavy atom. The van der Waals surface area contributed by atoms with E-state index in [9.17, 15) is 24.6 Å². The first-order valence-electron chi connectivity index (χ1n) is 21.8. The number of aliphatic hydroxyl groups is 1. The number of aliphatic hydroxyl groups excluding tert-OH is 1. The number of fused-ring (bicyclic) bond motifs is 4. The quantitative estimate of drug-likeness (QED) is 0.0591. The van der Waals surface area contributed by atoms with Crippen LogP contribution in [0.3, 0.4) is 0 Å². The van der Waals surface area contributed by atoms with E-state index < -0.39 is 18.2 Å². The third-order valence-electron chi connectivity index (χ3n) is 12.2. The van der Waals surface area contributed by atoms with E-state index in [0.29, 0.717) is 54.2 Å². The molecule has 6 aromatic rings. The Kier molecular flexibility index (Phi) is 13.8. The summed E-state index contributed by atoms with van der Waals surface area (Å²) in [5.41, 5.74) is 5.98. The standard InChI is InChI=1S/C51H55N5O7/c1-34-11-13-35(14-12-34)31-56(26-6-25-52-30-45(58)42-19-21-44(57)49-43(42)20-22-47(59)53-49)50(60)39-17-15-36(16-18-39)33-62-41-10-5-9-40(29-41)48(38-7-3-2-4-8-38)54-51(61)63-46-32-55-27-23-37(46)24-28-55/h2-5,7-22,29,37,45-46,48,52,57-58H,6,23-28,30-33H2,1H3,(H,53,59)(H,54,61)/t45-,46+,48?/m1/s1. The Balaban J connectivity index is 0.877. The van der Waals surface area contributed by atoms with Crippen LogP contribution in [0.25, 0.3) is 10.9 Å². The third kappa shape index (κ3) is 11.0. The van der Waals surface area contributed by atoms with Gasteiger partial charge >= 0.3 is 6.09 Å². The fourth-order valence-corrected chi connectivity index (χ4v) is 8.67. The summed E-state index contributed by atoms with van der Waals surface area (Å²) in [5.74, 6) is 0.915. The van der Waals surface area contributed by atoms with Crippen LogP contribution in [0.2, 0.25) is 0 Å². The molecule has 9 rings (SSSR count). The molecule has 3 aliphatic rings. The number of hydrogen-bond acceptors (Lipinski definition) is 9. The summed E-state index contributed by atoms with van der Waals surface area (Å²) in [6.45, 7) is 6.97. The molecule has 3 fully saturated rings. The summed E-state index contributed by atoms with van der Waals surface area (Å²) in [6, 6.07) is 38.9. The topological polar surface area (TPSA) is 156 Å². The van der Waals surface area contributed by atoms with Crippen LogP contribution in [0, 0.1) is 12.8 Å². The molecule has 0 saturated carbocycles. The van der Waals surface area contributed by atoms with Crippen molar-refractivity contribution in [2.24, 2.45) is 5.92 Å². The van der Waals surface area contributed by atoms with Gasteiger partial charge in [-0.2, -0.15) is 0 Å². The molecule has 3 aliphatic heterocycles. The Hall–Kier alpha value is -6.47. The maximum atomic E-state index is 14.0. The molecule has 0 spiro atoms. The monoisotopic (exact) mass is 849 g/mol. The number of nitrogens with one attached hydrogen (secondary N) is 3. The molecule has 3 saturated heterocycles. The largest absolute Gasteiger partial charge is 0.506 e. The number of aromatic amines is 1. The summed E-state index contributed by atoms with van der Waals surface area (Å²) in [5, 5.41) is 28.2. The number of hydrogen-bond donors (Lipinski definition) is 5. The fraction of sp³-hybridized carbons (Fsp3) is 0.314. The number of carbonyl (C=O) groups is 2. The Morgan fingerprint density at radius 1 is 0.873 bits per heavy atom. The van der Waals surface area contributed by atoms with Gasteiger partial charge in [0.1, 0.15) is 24.2 Å². The van der Waals surface area contributed by atoms with Crippen molar-refractivity contribution in [1.82, 2.24) is 25.4 Å². The first-order valence-corrected chi connectivity index (χ1v) is 21.8. The van der Waals surface area contributed by atoms with E-state index in [4.69, 9.17) is 9.47 Å². The SMILES string of the molecule is Cc1ccc(CN(CCCNC[C@@H](O)c2ccc(O)c3[nH]c(=O)ccc23)C(=O)c2ccc(COc3cccc(C(NC(=O)O[C@H]4CN5CCC4CC5)c4ccccc4)c3)cc2)cc1. The van der Waals surface area contributed by atoms with E-state index in [1.807, 2.05) is 115 Å². The van der Waals surface area contributed by atoms with Crippen molar-refractivity contribution < 1.29 is 29.3 Å². The minimum atomic E-state index is -0.880. The number of nitrogens with zero attached hydrogens (tertiary/aromatic N) is 2. The predicted molar refractivity (Wildman–Crippen MR) is 243 cm³/mol. The van der Waals surface area contributed by atoms with Crippen LogP contribution < -0.4 is 20.9 Å². The minimum Gasteiger partial charge on any atom is -0.506 e. The molecule has 3 atom stereocenters. The predicted octanol–water partition coefficient (Wildman–Crippen LogP) is 7.39. The summed E-state index contributed by atoms with van der Waals surface area (Å²) in [6.07, 6.45) is 1.37. The first-order chi connectivity index (χ1) is 30.7. The van der Waals surface area contributed by atoms with Gasteiger partial charge in [-0.05, 0) is 116 Å². The van der Waals surface area contributed by atoms with Crippen molar-refractivity contribution in [2.45, 2.75) is 57.6 Å². The number of aromatic nitrogens is 1. The molecule has 2 bridgehead atoms. The Bertz CT molecular complexity index is 2540. The molecule has 1 unspecified atom stereocenters. The van der Waals surface area contributed by atoms with E-state index in [0.717, 1.165) is 60.3 Å². The second-order valence-corrected chi connectivity index (χ2v) is 16.7. The van der Waals surface area contributed by atoms with E-state index in [-0.39, 0.29) is 42.0 Å². The number of aryl methyl sites for hydroxylation is 1. The van der Waals surface area contributed by atoms with Gasteiger partial charge < -0.3 is 40.2 Å². The average molecular weight is 850 g/mol. The zero-order chi connectivity index (χ0) is 43.7. The molecule has 12 nitrogen and oxygen atoms in total. The van der Waals surface area contributed by atoms with E-state index in [1.54, 1.807) is 12.1 Å². The van der Waals surface area contributed by atoms with Crippen LogP contribution in [-0.2, 0) is 17.9 Å². The summed E-state index contributed by atoms with van der Waals surface area (Å²) in [4.78, 5) is 46.0. The molecule has 12 heteroatoms. The highest BCUT2D eigenvalue weighted by Crippen LogP contribution is 2.32. The lowest BCUT2D eigenvalue weighted by Crippen LogP contribution is -2.52. The highest BCUT2D eigenvalue weighted by molar-refractivity contribution is 5.94. The minimum absolute atomic E-state index is 0.0589. The van der Waals surface area contributed by atoms with Crippen molar-refractivity contribution in [1.29, 1.82) is 0 Å². The van der Waals surface area contributed by atoms with Gasteiger partial charge in [-0.3, -0.25) is 14.5 Å². The number of H-pyrrole nitrogens is 1. The lowest BCUT2D eigenvalue weighted by molar-refractivity contribution is -0.0336. The maximum Gasteiger partial charge on any atom is 0.408 e. The number of aromatic hydroxyl groups is 1. The first kappa shape index (κ1) is 43.2. The fourth-order valence-electron chi connectivity index (χ4n) is 8.67. The number of phenolic OH excluding ortho intramolecular Hbond substituents is 1. The number of carbonyl (C=O) groups excluding carboxylic acids is 2. The third-order valence-corrected chi connectivity index (χ3v) is 12.2. The van der Waals surface area contributed by atoms with Gasteiger partial charge in [-0.25, -0.2) is 4.79 Å². The molecule has 5 N–H and O–H groups in total. The van der Waals surface area contributed by atoms with Crippen LogP contribution in [0.1, 0.15) is 75.1 Å². The van der Waals surface area contributed by atoms with Crippen LogP contribution in [0.15, 0.2) is 132 Å². The van der Waals surface area contributed by atoms with Crippen LogP contribution in [-0.4, -0.2) is 82.4 Å². The number of piperidine rings is 3. The molecule has 5 aromatic carbocycles. The lowest BCUT2D eigenvalue weighted by atomic mass is 9.86. The van der Waals surface area contributed by atoms with E-state index in [1.165, 1.54) is 12.1 Å². The van der Waals surface area contributed by atoms with Gasteiger partial charge in [-0.15, -0.1) is 0 Å². The van der Waals surface area contributed by atoms with Gasteiger partial charge in [-0.1, -0.05) is 90.5 Å². The second-order valence-electron chi connectivity index (χ2n) is 16.7. The van der Waals surface area contributed by atoms with E-state index >= 15 is 0 Å². The Labute approximate surface area is 367 Å². The molecule has 0 aliphatic carbocycles. The van der Waals surface area contributed by atoms with Crippen molar-refractivity contribution in [3.63, 3.8) is 0 Å². The number of benzene rings is 5. The molecule has 63 heavy (non-hydrogen) atoms. The van der Waals surface area contributed by atoms with Crippen molar-refractivity contribution in [3.05, 3.63) is 177 Å². The summed E-state index contributed by atoms with van der Waals surface area (Å²) < 4.78 is 12.3.